The van der Waals surface area contributed by atoms with Crippen LogP contribution in [0, 0.1) is 0 Å². The van der Waals surface area contributed by atoms with Gasteiger partial charge in [0, 0.05) is 5.69 Å². The van der Waals surface area contributed by atoms with Gasteiger partial charge in [-0.2, -0.15) is 13.2 Å². The summed E-state index contributed by atoms with van der Waals surface area (Å²) >= 11 is 0. The third kappa shape index (κ3) is 6.79. The van der Waals surface area contributed by atoms with Crippen molar-refractivity contribution in [3.8, 4) is 0 Å². The molecule has 0 bridgehead atoms. The zero-order valence-electron chi connectivity index (χ0n) is 13.5. The van der Waals surface area contributed by atoms with E-state index < -0.39 is 18.1 Å². The summed E-state index contributed by atoms with van der Waals surface area (Å²) < 4.78 is 44.5. The average Bonchev–Trinajstić information content (AvgIpc) is 2.52. The topological polar surface area (TPSA) is 33.3 Å². The lowest BCUT2D eigenvalue weighted by molar-refractivity contribution is -0.156. The summed E-state index contributed by atoms with van der Waals surface area (Å²) in [6.07, 6.45) is 0.125. The molecule has 0 amide bonds. The minimum absolute atomic E-state index is 0.0248. The normalized spacial score (nSPS) is 19.3. The van der Waals surface area contributed by atoms with E-state index in [9.17, 15) is 13.2 Å². The Bertz CT molecular complexity index is 461. The highest BCUT2D eigenvalue weighted by Crippen LogP contribution is 2.29. The van der Waals surface area contributed by atoms with E-state index in [1.807, 2.05) is 18.2 Å². The van der Waals surface area contributed by atoms with Gasteiger partial charge in [-0.1, -0.05) is 37.5 Å². The minimum Gasteiger partial charge on any atom is -0.376 e. The third-order valence-electron chi connectivity index (χ3n) is 4.06. The van der Waals surface area contributed by atoms with Crippen molar-refractivity contribution in [2.75, 3.05) is 12.0 Å². The predicted molar refractivity (Wildman–Crippen MR) is 85.1 cm³/mol. The fourth-order valence-electron chi connectivity index (χ4n) is 2.85. The molecule has 2 rings (SSSR count). The summed E-state index contributed by atoms with van der Waals surface area (Å²) in [5.41, 5.74) is 5.18. The summed E-state index contributed by atoms with van der Waals surface area (Å²) in [4.78, 5) is 0. The van der Waals surface area contributed by atoms with Crippen molar-refractivity contribution in [3.05, 3.63) is 30.3 Å². The summed E-state index contributed by atoms with van der Waals surface area (Å²) in [6, 6.07) is 9.09. The summed E-state index contributed by atoms with van der Waals surface area (Å²) in [6.45, 7) is 1.57. The number of benzene rings is 1. The Kier molecular flexibility index (Phi) is 6.30. The molecule has 1 atom stereocenters. The molecule has 3 nitrogen and oxygen atoms in total. The monoisotopic (exact) mass is 330 g/mol. The van der Waals surface area contributed by atoms with Crippen molar-refractivity contribution in [2.45, 2.75) is 63.3 Å². The van der Waals surface area contributed by atoms with Gasteiger partial charge in [-0.25, -0.2) is 5.43 Å². The number of hydrogen-bond acceptors (Lipinski definition) is 3. The lowest BCUT2D eigenvalue weighted by Gasteiger charge is -2.34. The van der Waals surface area contributed by atoms with Crippen LogP contribution in [-0.2, 0) is 4.74 Å². The quantitative estimate of drug-likeness (QED) is 0.713. The van der Waals surface area contributed by atoms with Gasteiger partial charge in [0.25, 0.3) is 0 Å². The van der Waals surface area contributed by atoms with Crippen LogP contribution in [0.4, 0.5) is 18.9 Å². The highest BCUT2D eigenvalue weighted by Gasteiger charge is 2.40. The number of nitrogens with one attached hydrogen (secondary N) is 2. The first-order chi connectivity index (χ1) is 10.9. The molecule has 6 heteroatoms. The molecule has 0 aromatic heterocycles. The van der Waals surface area contributed by atoms with Gasteiger partial charge < -0.3 is 10.2 Å². The SMILES string of the molecule is CC(COC1CCCCC1)(CC(F)(F)F)NNc1ccccc1. The van der Waals surface area contributed by atoms with E-state index in [-0.39, 0.29) is 12.7 Å². The molecule has 23 heavy (non-hydrogen) atoms. The van der Waals surface area contributed by atoms with Gasteiger partial charge in [-0.15, -0.1) is 0 Å². The number of alkyl halides is 3. The Balaban J connectivity index is 1.93. The van der Waals surface area contributed by atoms with Crippen molar-refractivity contribution < 1.29 is 17.9 Å². The fraction of sp³-hybridized carbons (Fsp3) is 0.647. The molecule has 1 unspecified atom stereocenters. The average molecular weight is 330 g/mol. The molecule has 0 spiro atoms. The fourth-order valence-corrected chi connectivity index (χ4v) is 2.85. The molecular formula is C17H25F3N2O. The maximum absolute atomic E-state index is 12.9. The smallest absolute Gasteiger partial charge is 0.376 e. The van der Waals surface area contributed by atoms with Gasteiger partial charge in [-0.05, 0) is 31.9 Å². The van der Waals surface area contributed by atoms with E-state index in [1.165, 1.54) is 6.42 Å². The van der Waals surface area contributed by atoms with E-state index in [2.05, 4.69) is 10.9 Å². The van der Waals surface area contributed by atoms with Gasteiger partial charge in [0.15, 0.2) is 0 Å². The second-order valence-electron chi connectivity index (χ2n) is 6.54. The van der Waals surface area contributed by atoms with E-state index >= 15 is 0 Å². The van der Waals surface area contributed by atoms with Crippen LogP contribution in [0.25, 0.3) is 0 Å². The van der Waals surface area contributed by atoms with Crippen LogP contribution in [0.15, 0.2) is 30.3 Å². The number of hydrogen-bond donors (Lipinski definition) is 2. The van der Waals surface area contributed by atoms with E-state index in [4.69, 9.17) is 4.74 Å². The molecule has 1 aliphatic carbocycles. The molecule has 1 fully saturated rings. The highest BCUT2D eigenvalue weighted by molar-refractivity contribution is 5.41. The third-order valence-corrected chi connectivity index (χ3v) is 4.06. The van der Waals surface area contributed by atoms with Gasteiger partial charge in [0.05, 0.1) is 24.7 Å². The van der Waals surface area contributed by atoms with Gasteiger partial charge in [-0.3, -0.25) is 0 Å². The van der Waals surface area contributed by atoms with Crippen molar-refractivity contribution in [3.63, 3.8) is 0 Å². The summed E-state index contributed by atoms with van der Waals surface area (Å²) in [5, 5.41) is 0. The van der Waals surface area contributed by atoms with Crippen LogP contribution < -0.4 is 10.9 Å². The number of hydrazine groups is 1. The van der Waals surface area contributed by atoms with Crippen LogP contribution in [0.1, 0.15) is 45.4 Å². The van der Waals surface area contributed by atoms with Crippen LogP contribution >= 0.6 is 0 Å². The molecule has 1 aromatic rings. The van der Waals surface area contributed by atoms with Crippen molar-refractivity contribution in [2.24, 2.45) is 0 Å². The zero-order chi connectivity index (χ0) is 16.8. The maximum Gasteiger partial charge on any atom is 0.391 e. The highest BCUT2D eigenvalue weighted by atomic mass is 19.4. The van der Waals surface area contributed by atoms with Crippen LogP contribution in [0.2, 0.25) is 0 Å². The number of halogens is 3. The lowest BCUT2D eigenvalue weighted by atomic mass is 9.96. The molecule has 130 valence electrons. The molecule has 0 heterocycles. The second kappa shape index (κ2) is 8.02. The Morgan fingerprint density at radius 3 is 2.35 bits per heavy atom. The Morgan fingerprint density at radius 1 is 1.09 bits per heavy atom. The molecule has 0 saturated heterocycles. The number of rotatable bonds is 7. The molecule has 0 radical (unpaired) electrons. The van der Waals surface area contributed by atoms with E-state index in [0.717, 1.165) is 31.4 Å². The molecule has 1 aliphatic rings. The first-order valence-corrected chi connectivity index (χ1v) is 8.13. The molecule has 2 N–H and O–H groups in total. The standard InChI is InChI=1S/C17H25F3N2O/c1-16(12-17(18,19)20,13-23-15-10-6-3-7-11-15)22-21-14-8-4-2-5-9-14/h2,4-5,8-9,15,21-22H,3,6-7,10-13H2,1H3. The Labute approximate surface area is 135 Å². The van der Waals surface area contributed by atoms with Crippen LogP contribution in [0.3, 0.4) is 0 Å². The number of para-hydroxylation sites is 1. The van der Waals surface area contributed by atoms with Gasteiger partial charge in [0.1, 0.15) is 0 Å². The Morgan fingerprint density at radius 2 is 1.74 bits per heavy atom. The van der Waals surface area contributed by atoms with Gasteiger partial charge in [0.2, 0.25) is 0 Å². The molecular weight excluding hydrogens is 305 g/mol. The maximum atomic E-state index is 12.9. The zero-order valence-corrected chi connectivity index (χ0v) is 13.5. The van der Waals surface area contributed by atoms with Crippen molar-refractivity contribution in [1.29, 1.82) is 0 Å². The lowest BCUT2D eigenvalue weighted by Crippen LogP contribution is -2.52. The van der Waals surface area contributed by atoms with E-state index in [1.54, 1.807) is 19.1 Å². The summed E-state index contributed by atoms with van der Waals surface area (Å²) in [7, 11) is 0. The van der Waals surface area contributed by atoms with Crippen LogP contribution in [0.5, 0.6) is 0 Å². The number of ether oxygens (including phenoxy) is 1. The second-order valence-corrected chi connectivity index (χ2v) is 6.54. The first kappa shape index (κ1) is 18.1. The minimum atomic E-state index is -4.25. The Hall–Kier alpha value is -1.27. The van der Waals surface area contributed by atoms with Crippen molar-refractivity contribution >= 4 is 5.69 Å². The molecule has 1 saturated carbocycles. The van der Waals surface area contributed by atoms with E-state index in [0.29, 0.717) is 0 Å². The predicted octanol–water partition coefficient (Wildman–Crippen LogP) is 4.66. The summed E-state index contributed by atoms with van der Waals surface area (Å²) in [5.74, 6) is 0. The van der Waals surface area contributed by atoms with Crippen molar-refractivity contribution in [1.82, 2.24) is 5.43 Å². The van der Waals surface area contributed by atoms with Gasteiger partial charge >= 0.3 is 6.18 Å². The molecule has 1 aromatic carbocycles. The van der Waals surface area contributed by atoms with Crippen LogP contribution in [-0.4, -0.2) is 24.4 Å². The molecule has 0 aliphatic heterocycles. The largest absolute Gasteiger partial charge is 0.391 e. The number of anilines is 1. The first-order valence-electron chi connectivity index (χ1n) is 8.13.